The number of carbonyl (C=O) groups is 1. The van der Waals surface area contributed by atoms with Crippen LogP contribution in [0.5, 0.6) is 5.75 Å². The molecule has 8 heteroatoms. The SMILES string of the molecule is COc1ccc(NC(=O)Nc2nc(C)cc(NCCN)n2)cc1. The zero-order valence-corrected chi connectivity index (χ0v) is 13.1. The summed E-state index contributed by atoms with van der Waals surface area (Å²) in [7, 11) is 1.58. The Bertz CT molecular complexity index is 660. The van der Waals surface area contributed by atoms with Crippen LogP contribution in [-0.4, -0.2) is 36.2 Å². The quantitative estimate of drug-likeness (QED) is 0.646. The minimum absolute atomic E-state index is 0.218. The van der Waals surface area contributed by atoms with Gasteiger partial charge in [0.25, 0.3) is 0 Å². The number of methoxy groups -OCH3 is 1. The van der Waals surface area contributed by atoms with Crippen LogP contribution in [0.1, 0.15) is 5.69 Å². The molecule has 0 atom stereocenters. The Morgan fingerprint density at radius 3 is 2.61 bits per heavy atom. The van der Waals surface area contributed by atoms with Gasteiger partial charge >= 0.3 is 6.03 Å². The van der Waals surface area contributed by atoms with E-state index in [0.29, 0.717) is 30.3 Å². The van der Waals surface area contributed by atoms with Gasteiger partial charge in [0, 0.05) is 30.5 Å². The summed E-state index contributed by atoms with van der Waals surface area (Å²) in [5, 5.41) is 8.35. The number of aryl methyl sites for hydroxylation is 1. The van der Waals surface area contributed by atoms with Crippen LogP contribution in [0.25, 0.3) is 0 Å². The Morgan fingerprint density at radius 2 is 1.96 bits per heavy atom. The number of anilines is 3. The number of nitrogens with two attached hydrogens (primary N) is 1. The highest BCUT2D eigenvalue weighted by Crippen LogP contribution is 2.15. The highest BCUT2D eigenvalue weighted by Gasteiger charge is 2.07. The van der Waals surface area contributed by atoms with Crippen molar-refractivity contribution >= 4 is 23.5 Å². The van der Waals surface area contributed by atoms with Crippen molar-refractivity contribution in [2.75, 3.05) is 36.1 Å². The van der Waals surface area contributed by atoms with Gasteiger partial charge in [0.1, 0.15) is 11.6 Å². The second-order valence-corrected chi connectivity index (χ2v) is 4.74. The summed E-state index contributed by atoms with van der Waals surface area (Å²) in [6.45, 7) is 2.90. The number of hydrogen-bond acceptors (Lipinski definition) is 6. The molecule has 1 aromatic heterocycles. The van der Waals surface area contributed by atoms with E-state index in [1.165, 1.54) is 0 Å². The topological polar surface area (TPSA) is 114 Å². The van der Waals surface area contributed by atoms with Crippen LogP contribution in [-0.2, 0) is 0 Å². The second-order valence-electron chi connectivity index (χ2n) is 4.74. The lowest BCUT2D eigenvalue weighted by Gasteiger charge is -2.10. The maximum atomic E-state index is 12.0. The molecule has 0 aliphatic carbocycles. The molecule has 0 aliphatic rings. The molecule has 0 radical (unpaired) electrons. The normalized spacial score (nSPS) is 10.0. The van der Waals surface area contributed by atoms with Crippen LogP contribution in [0.3, 0.4) is 0 Å². The summed E-state index contributed by atoms with van der Waals surface area (Å²) in [6.07, 6.45) is 0. The van der Waals surface area contributed by atoms with Crippen molar-refractivity contribution in [1.29, 1.82) is 0 Å². The molecule has 0 unspecified atom stereocenters. The largest absolute Gasteiger partial charge is 0.497 e. The average molecular weight is 316 g/mol. The molecule has 2 rings (SSSR count). The molecule has 1 aromatic carbocycles. The molecule has 1 heterocycles. The summed E-state index contributed by atoms with van der Waals surface area (Å²) < 4.78 is 5.06. The van der Waals surface area contributed by atoms with Crippen LogP contribution in [0.4, 0.5) is 22.2 Å². The van der Waals surface area contributed by atoms with Gasteiger partial charge in [-0.15, -0.1) is 0 Å². The van der Waals surface area contributed by atoms with E-state index in [-0.39, 0.29) is 5.95 Å². The van der Waals surface area contributed by atoms with Gasteiger partial charge in [0.15, 0.2) is 0 Å². The smallest absolute Gasteiger partial charge is 0.326 e. The van der Waals surface area contributed by atoms with Gasteiger partial charge in [-0.2, -0.15) is 4.98 Å². The van der Waals surface area contributed by atoms with Crippen LogP contribution >= 0.6 is 0 Å². The van der Waals surface area contributed by atoms with Gasteiger partial charge in [0.2, 0.25) is 5.95 Å². The van der Waals surface area contributed by atoms with Gasteiger partial charge in [-0.3, -0.25) is 5.32 Å². The van der Waals surface area contributed by atoms with Crippen LogP contribution in [0, 0.1) is 6.92 Å². The van der Waals surface area contributed by atoms with Crippen molar-refractivity contribution in [2.45, 2.75) is 6.92 Å². The number of carbonyl (C=O) groups excluding carboxylic acids is 1. The third kappa shape index (κ3) is 5.11. The number of nitrogens with zero attached hydrogens (tertiary/aromatic N) is 2. The Hall–Kier alpha value is -2.87. The van der Waals surface area contributed by atoms with E-state index in [9.17, 15) is 4.79 Å². The second kappa shape index (κ2) is 7.95. The molecule has 0 aliphatic heterocycles. The molecule has 0 bridgehead atoms. The molecule has 122 valence electrons. The highest BCUT2D eigenvalue weighted by atomic mass is 16.5. The predicted molar refractivity (Wildman–Crippen MR) is 89.9 cm³/mol. The Labute approximate surface area is 134 Å². The molecule has 2 amide bonds. The number of benzene rings is 1. The van der Waals surface area contributed by atoms with E-state index < -0.39 is 6.03 Å². The van der Waals surface area contributed by atoms with E-state index in [4.69, 9.17) is 10.5 Å². The Kier molecular flexibility index (Phi) is 5.70. The number of nitrogens with one attached hydrogen (secondary N) is 3. The first kappa shape index (κ1) is 16.5. The molecule has 5 N–H and O–H groups in total. The van der Waals surface area contributed by atoms with Crippen molar-refractivity contribution in [3.8, 4) is 5.75 Å². The summed E-state index contributed by atoms with van der Waals surface area (Å²) >= 11 is 0. The molecule has 0 saturated carbocycles. The van der Waals surface area contributed by atoms with Crippen molar-refractivity contribution in [3.63, 3.8) is 0 Å². The van der Waals surface area contributed by atoms with E-state index >= 15 is 0 Å². The first-order valence-electron chi connectivity index (χ1n) is 7.12. The molecule has 0 saturated heterocycles. The van der Waals surface area contributed by atoms with Crippen LogP contribution < -0.4 is 26.4 Å². The summed E-state index contributed by atoms with van der Waals surface area (Å²) in [5.41, 5.74) is 6.82. The van der Waals surface area contributed by atoms with E-state index in [1.54, 1.807) is 37.4 Å². The standard InChI is InChI=1S/C15H20N6O2/c1-10-9-13(17-8-7-16)20-14(18-10)21-15(22)19-11-3-5-12(23-2)6-4-11/h3-6,9H,7-8,16H2,1-2H3,(H3,17,18,19,20,21,22). The zero-order valence-electron chi connectivity index (χ0n) is 13.1. The Balaban J connectivity index is 1.99. The lowest BCUT2D eigenvalue weighted by molar-refractivity contribution is 0.262. The van der Waals surface area contributed by atoms with E-state index in [0.717, 1.165) is 5.69 Å². The fourth-order valence-corrected chi connectivity index (χ4v) is 1.85. The number of hydrogen-bond donors (Lipinski definition) is 4. The first-order valence-corrected chi connectivity index (χ1v) is 7.12. The Morgan fingerprint density at radius 1 is 1.22 bits per heavy atom. The zero-order chi connectivity index (χ0) is 16.7. The molecular formula is C15H20N6O2. The third-order valence-electron chi connectivity index (χ3n) is 2.88. The number of aromatic nitrogens is 2. The van der Waals surface area contributed by atoms with Crippen LogP contribution in [0.15, 0.2) is 30.3 Å². The monoisotopic (exact) mass is 316 g/mol. The predicted octanol–water partition coefficient (Wildman–Crippen LogP) is 1.81. The van der Waals surface area contributed by atoms with Crippen LogP contribution in [0.2, 0.25) is 0 Å². The molecular weight excluding hydrogens is 296 g/mol. The maximum absolute atomic E-state index is 12.0. The van der Waals surface area contributed by atoms with Gasteiger partial charge in [-0.05, 0) is 31.2 Å². The fraction of sp³-hybridized carbons (Fsp3) is 0.267. The number of urea groups is 1. The lowest BCUT2D eigenvalue weighted by atomic mass is 10.3. The minimum Gasteiger partial charge on any atom is -0.497 e. The minimum atomic E-state index is -0.425. The molecule has 8 nitrogen and oxygen atoms in total. The maximum Gasteiger partial charge on any atom is 0.326 e. The summed E-state index contributed by atoms with van der Waals surface area (Å²) in [5.74, 6) is 1.55. The van der Waals surface area contributed by atoms with Crippen molar-refractivity contribution in [2.24, 2.45) is 5.73 Å². The molecule has 2 aromatic rings. The molecule has 23 heavy (non-hydrogen) atoms. The molecule has 0 spiro atoms. The number of amides is 2. The van der Waals surface area contributed by atoms with Gasteiger partial charge in [-0.1, -0.05) is 0 Å². The summed E-state index contributed by atoms with van der Waals surface area (Å²) in [4.78, 5) is 20.4. The van der Waals surface area contributed by atoms with Crippen molar-refractivity contribution in [1.82, 2.24) is 9.97 Å². The van der Waals surface area contributed by atoms with Crippen molar-refractivity contribution < 1.29 is 9.53 Å². The van der Waals surface area contributed by atoms with Gasteiger partial charge < -0.3 is 21.1 Å². The van der Waals surface area contributed by atoms with Crippen molar-refractivity contribution in [3.05, 3.63) is 36.0 Å². The van der Waals surface area contributed by atoms with Gasteiger partial charge in [0.05, 0.1) is 7.11 Å². The lowest BCUT2D eigenvalue weighted by Crippen LogP contribution is -2.21. The highest BCUT2D eigenvalue weighted by molar-refractivity contribution is 5.98. The average Bonchev–Trinajstić information content (AvgIpc) is 2.53. The third-order valence-corrected chi connectivity index (χ3v) is 2.88. The first-order chi connectivity index (χ1) is 11.1. The fourth-order valence-electron chi connectivity index (χ4n) is 1.85. The number of ether oxygens (including phenoxy) is 1. The number of rotatable bonds is 6. The van der Waals surface area contributed by atoms with Gasteiger partial charge in [-0.25, -0.2) is 9.78 Å². The van der Waals surface area contributed by atoms with E-state index in [2.05, 4.69) is 25.9 Å². The summed E-state index contributed by atoms with van der Waals surface area (Å²) in [6, 6.07) is 8.35. The van der Waals surface area contributed by atoms with E-state index in [1.807, 2.05) is 6.92 Å². The molecule has 0 fully saturated rings.